The van der Waals surface area contributed by atoms with E-state index in [0.717, 1.165) is 6.42 Å². The molecule has 0 amide bonds. The van der Waals surface area contributed by atoms with Crippen molar-refractivity contribution in [1.82, 2.24) is 4.31 Å². The lowest BCUT2D eigenvalue weighted by molar-refractivity contribution is -0.137. The first-order valence-electron chi connectivity index (χ1n) is 6.14. The Balaban J connectivity index is 2.37. The minimum Gasteiger partial charge on any atom is -0.481 e. The van der Waals surface area contributed by atoms with Crippen molar-refractivity contribution in [3.05, 3.63) is 0 Å². The Kier molecular flexibility index (Phi) is 6.04. The van der Waals surface area contributed by atoms with Gasteiger partial charge in [0.2, 0.25) is 10.0 Å². The summed E-state index contributed by atoms with van der Waals surface area (Å²) in [5, 5.41) is 8.60. The molecule has 0 spiro atoms. The number of hydrogen-bond acceptors (Lipinski definition) is 4. The maximum Gasteiger partial charge on any atom is 0.303 e. The van der Waals surface area contributed by atoms with Gasteiger partial charge in [0.1, 0.15) is 0 Å². The van der Waals surface area contributed by atoms with Crippen LogP contribution in [0.1, 0.15) is 25.7 Å². The molecule has 0 radical (unpaired) electrons. The molecular formula is C11H21NO5S. The Morgan fingerprint density at radius 2 is 2.22 bits per heavy atom. The maximum atomic E-state index is 11.9. The van der Waals surface area contributed by atoms with Gasteiger partial charge in [0.05, 0.1) is 5.75 Å². The number of carbonyl (C=O) groups is 1. The number of aliphatic carboxylic acids is 1. The topological polar surface area (TPSA) is 83.9 Å². The average Bonchev–Trinajstić information content (AvgIpc) is 2.76. The van der Waals surface area contributed by atoms with Gasteiger partial charge in [-0.2, -0.15) is 0 Å². The summed E-state index contributed by atoms with van der Waals surface area (Å²) in [6.07, 6.45) is 1.92. The number of ether oxygens (including phenoxy) is 1. The lowest BCUT2D eigenvalue weighted by Gasteiger charge is -2.16. The Labute approximate surface area is 108 Å². The van der Waals surface area contributed by atoms with Gasteiger partial charge in [0.15, 0.2) is 0 Å². The SMILES string of the molecule is COCCCS(=O)(=O)N1CCC(CCC(=O)O)C1. The van der Waals surface area contributed by atoms with Crippen molar-refractivity contribution in [2.75, 3.05) is 32.6 Å². The van der Waals surface area contributed by atoms with E-state index in [9.17, 15) is 13.2 Å². The van der Waals surface area contributed by atoms with Gasteiger partial charge >= 0.3 is 5.97 Å². The summed E-state index contributed by atoms with van der Waals surface area (Å²) in [6, 6.07) is 0. The fraction of sp³-hybridized carbons (Fsp3) is 0.909. The summed E-state index contributed by atoms with van der Waals surface area (Å²) in [4.78, 5) is 10.5. The summed E-state index contributed by atoms with van der Waals surface area (Å²) < 4.78 is 30.2. The van der Waals surface area contributed by atoms with Crippen molar-refractivity contribution < 1.29 is 23.1 Å². The number of nitrogens with zero attached hydrogens (tertiary/aromatic N) is 1. The summed E-state index contributed by atoms with van der Waals surface area (Å²) in [6.45, 7) is 1.41. The number of methoxy groups -OCH3 is 1. The molecule has 0 aromatic rings. The quantitative estimate of drug-likeness (QED) is 0.656. The second kappa shape index (κ2) is 7.06. The van der Waals surface area contributed by atoms with E-state index in [1.54, 1.807) is 7.11 Å². The summed E-state index contributed by atoms with van der Waals surface area (Å²) in [5.41, 5.74) is 0. The van der Waals surface area contributed by atoms with Gasteiger partial charge in [0.25, 0.3) is 0 Å². The molecule has 1 aliphatic heterocycles. The molecule has 0 aliphatic carbocycles. The largest absolute Gasteiger partial charge is 0.481 e. The number of carboxylic acids is 1. The van der Waals surface area contributed by atoms with Crippen molar-refractivity contribution in [1.29, 1.82) is 0 Å². The molecule has 1 fully saturated rings. The highest BCUT2D eigenvalue weighted by Crippen LogP contribution is 2.23. The van der Waals surface area contributed by atoms with E-state index in [1.165, 1.54) is 4.31 Å². The van der Waals surface area contributed by atoms with Crippen molar-refractivity contribution >= 4 is 16.0 Å². The monoisotopic (exact) mass is 279 g/mol. The molecule has 0 saturated carbocycles. The smallest absolute Gasteiger partial charge is 0.303 e. The third-order valence-corrected chi connectivity index (χ3v) is 5.08. The van der Waals surface area contributed by atoms with Gasteiger partial charge in [-0.3, -0.25) is 4.79 Å². The zero-order valence-electron chi connectivity index (χ0n) is 10.7. The van der Waals surface area contributed by atoms with E-state index in [0.29, 0.717) is 32.5 Å². The molecule has 6 nitrogen and oxygen atoms in total. The molecule has 1 heterocycles. The first-order valence-corrected chi connectivity index (χ1v) is 7.75. The van der Waals surface area contributed by atoms with E-state index in [2.05, 4.69) is 0 Å². The van der Waals surface area contributed by atoms with Crippen LogP contribution in [0.3, 0.4) is 0 Å². The Bertz CT molecular complexity index is 368. The second-order valence-corrected chi connectivity index (χ2v) is 6.70. The van der Waals surface area contributed by atoms with E-state index < -0.39 is 16.0 Å². The molecule has 1 atom stereocenters. The standard InChI is InChI=1S/C11H21NO5S/c1-17-7-2-8-18(15,16)12-6-5-10(9-12)3-4-11(13)14/h10H,2-9H2,1H3,(H,13,14). The van der Waals surface area contributed by atoms with Gasteiger partial charge in [-0.05, 0) is 25.2 Å². The van der Waals surface area contributed by atoms with Crippen molar-refractivity contribution in [3.8, 4) is 0 Å². The van der Waals surface area contributed by atoms with Crippen LogP contribution in [0.5, 0.6) is 0 Å². The normalized spacial score (nSPS) is 21.3. The molecular weight excluding hydrogens is 258 g/mol. The zero-order valence-corrected chi connectivity index (χ0v) is 11.5. The third-order valence-electron chi connectivity index (χ3n) is 3.16. The molecule has 0 aromatic heterocycles. The van der Waals surface area contributed by atoms with Gasteiger partial charge in [-0.1, -0.05) is 0 Å². The van der Waals surface area contributed by atoms with Gasteiger partial charge in [0, 0.05) is 33.2 Å². The summed E-state index contributed by atoms with van der Waals surface area (Å²) in [7, 11) is -1.65. The van der Waals surface area contributed by atoms with Crippen LogP contribution in [0.15, 0.2) is 0 Å². The number of hydrogen-bond donors (Lipinski definition) is 1. The number of carboxylic acid groups (broad SMARTS) is 1. The van der Waals surface area contributed by atoms with Gasteiger partial charge in [-0.15, -0.1) is 0 Å². The van der Waals surface area contributed by atoms with Crippen molar-refractivity contribution in [2.24, 2.45) is 5.92 Å². The van der Waals surface area contributed by atoms with Crippen LogP contribution in [0.25, 0.3) is 0 Å². The second-order valence-electron chi connectivity index (χ2n) is 4.61. The van der Waals surface area contributed by atoms with Gasteiger partial charge < -0.3 is 9.84 Å². The van der Waals surface area contributed by atoms with Crippen LogP contribution in [-0.2, 0) is 19.6 Å². The molecule has 7 heteroatoms. The molecule has 1 rings (SSSR count). The lowest BCUT2D eigenvalue weighted by Crippen LogP contribution is -2.31. The third kappa shape index (κ3) is 4.91. The van der Waals surface area contributed by atoms with E-state index in [1.807, 2.05) is 0 Å². The minimum atomic E-state index is -3.20. The van der Waals surface area contributed by atoms with Crippen LogP contribution in [-0.4, -0.2) is 56.4 Å². The van der Waals surface area contributed by atoms with Crippen LogP contribution < -0.4 is 0 Å². The van der Waals surface area contributed by atoms with E-state index >= 15 is 0 Å². The van der Waals surface area contributed by atoms with E-state index in [4.69, 9.17) is 9.84 Å². The predicted octanol–water partition coefficient (Wildman–Crippen LogP) is 0.539. The molecule has 1 aliphatic rings. The van der Waals surface area contributed by atoms with Crippen LogP contribution >= 0.6 is 0 Å². The fourth-order valence-electron chi connectivity index (χ4n) is 2.13. The van der Waals surface area contributed by atoms with Crippen molar-refractivity contribution in [2.45, 2.75) is 25.7 Å². The zero-order chi connectivity index (χ0) is 13.6. The number of rotatable bonds is 8. The number of sulfonamides is 1. The Morgan fingerprint density at radius 1 is 1.50 bits per heavy atom. The average molecular weight is 279 g/mol. The highest BCUT2D eigenvalue weighted by molar-refractivity contribution is 7.89. The molecule has 18 heavy (non-hydrogen) atoms. The molecule has 1 N–H and O–H groups in total. The molecule has 106 valence electrons. The first-order chi connectivity index (χ1) is 8.45. The highest BCUT2D eigenvalue weighted by atomic mass is 32.2. The van der Waals surface area contributed by atoms with E-state index in [-0.39, 0.29) is 18.1 Å². The molecule has 1 saturated heterocycles. The van der Waals surface area contributed by atoms with Crippen molar-refractivity contribution in [3.63, 3.8) is 0 Å². The maximum absolute atomic E-state index is 11.9. The first kappa shape index (κ1) is 15.4. The molecule has 1 unspecified atom stereocenters. The summed E-state index contributed by atoms with van der Waals surface area (Å²) >= 11 is 0. The Hall–Kier alpha value is -0.660. The summed E-state index contributed by atoms with van der Waals surface area (Å²) in [5.74, 6) is -0.540. The Morgan fingerprint density at radius 3 is 2.83 bits per heavy atom. The minimum absolute atomic E-state index is 0.104. The highest BCUT2D eigenvalue weighted by Gasteiger charge is 2.30. The predicted molar refractivity (Wildman–Crippen MR) is 66.8 cm³/mol. The lowest BCUT2D eigenvalue weighted by atomic mass is 10.0. The molecule has 0 bridgehead atoms. The van der Waals surface area contributed by atoms with Crippen LogP contribution in [0, 0.1) is 5.92 Å². The van der Waals surface area contributed by atoms with Crippen LogP contribution in [0.4, 0.5) is 0 Å². The fourth-order valence-corrected chi connectivity index (χ4v) is 3.69. The molecule has 0 aromatic carbocycles. The van der Waals surface area contributed by atoms with Gasteiger partial charge in [-0.25, -0.2) is 12.7 Å². The van der Waals surface area contributed by atoms with Crippen LogP contribution in [0.2, 0.25) is 0 Å².